The molecule has 0 atom stereocenters. The van der Waals surface area contributed by atoms with E-state index in [0.717, 1.165) is 15.8 Å². The molecule has 0 aromatic heterocycles. The summed E-state index contributed by atoms with van der Waals surface area (Å²) in [5.41, 5.74) is 17.5. The Hall–Kier alpha value is -5.18. The van der Waals surface area contributed by atoms with E-state index in [-0.39, 0.29) is 5.41 Å². The van der Waals surface area contributed by atoms with E-state index < -0.39 is 0 Å². The van der Waals surface area contributed by atoms with Gasteiger partial charge in [0.15, 0.2) is 0 Å². The number of benzene rings is 7. The van der Waals surface area contributed by atoms with Gasteiger partial charge >= 0.3 is 0 Å². The van der Waals surface area contributed by atoms with Crippen LogP contribution in [0.5, 0.6) is 0 Å². The van der Waals surface area contributed by atoms with Crippen LogP contribution in [-0.4, -0.2) is 0 Å². The first-order valence-electron chi connectivity index (χ1n) is 15.4. The third-order valence-electron chi connectivity index (χ3n) is 9.57. The summed E-state index contributed by atoms with van der Waals surface area (Å²) in [6.45, 7) is 0. The maximum Gasteiger partial charge on any atom is 0.0725 e. The first-order chi connectivity index (χ1) is 22.2. The van der Waals surface area contributed by atoms with Gasteiger partial charge in [0.2, 0.25) is 0 Å². The van der Waals surface area contributed by atoms with Crippen LogP contribution in [0.25, 0.3) is 44.5 Å². The van der Waals surface area contributed by atoms with Gasteiger partial charge in [0, 0.05) is 15.8 Å². The molecule has 0 saturated heterocycles. The van der Waals surface area contributed by atoms with Crippen LogP contribution >= 0.6 is 15.9 Å². The molecule has 7 aromatic carbocycles. The van der Waals surface area contributed by atoms with E-state index in [4.69, 9.17) is 0 Å². The van der Waals surface area contributed by atoms with Gasteiger partial charge in [0.25, 0.3) is 0 Å². The summed E-state index contributed by atoms with van der Waals surface area (Å²) in [5.74, 6) is 0. The van der Waals surface area contributed by atoms with Crippen molar-refractivity contribution in [2.45, 2.75) is 5.41 Å². The van der Waals surface area contributed by atoms with E-state index in [2.05, 4.69) is 173 Å². The Morgan fingerprint density at radius 2 is 0.733 bits per heavy atom. The molecule has 0 aliphatic heterocycles. The van der Waals surface area contributed by atoms with Gasteiger partial charge in [-0.2, -0.15) is 0 Å². The molecule has 0 heterocycles. The Morgan fingerprint density at radius 1 is 0.356 bits per heavy atom. The Morgan fingerprint density at radius 3 is 1.24 bits per heavy atom. The quantitative estimate of drug-likeness (QED) is 0.202. The minimum Gasteiger partial charge on any atom is -0.356 e. The number of hydrogen-bond acceptors (Lipinski definition) is 1. The Bertz CT molecular complexity index is 2160. The largest absolute Gasteiger partial charge is 0.356 e. The number of anilines is 2. The van der Waals surface area contributed by atoms with Crippen LogP contribution in [0.2, 0.25) is 0 Å². The van der Waals surface area contributed by atoms with Crippen molar-refractivity contribution in [3.8, 4) is 44.5 Å². The smallest absolute Gasteiger partial charge is 0.0725 e. The molecule has 0 saturated carbocycles. The molecule has 9 rings (SSSR count). The zero-order valence-electron chi connectivity index (χ0n) is 24.5. The molecule has 2 aliphatic rings. The predicted octanol–water partition coefficient (Wildman–Crippen LogP) is 11.9. The summed E-state index contributed by atoms with van der Waals surface area (Å²) in [6, 6.07) is 59.9. The van der Waals surface area contributed by atoms with Gasteiger partial charge in [0.1, 0.15) is 0 Å². The first kappa shape index (κ1) is 26.2. The molecule has 45 heavy (non-hydrogen) atoms. The van der Waals surface area contributed by atoms with E-state index in [9.17, 15) is 0 Å². The second-order valence-electron chi connectivity index (χ2n) is 11.9. The van der Waals surface area contributed by atoms with Crippen molar-refractivity contribution in [2.75, 3.05) is 5.32 Å². The molecule has 1 nitrogen and oxygen atoms in total. The standard InChI is InChI=1S/C43H28BrN/c44-32-20-24-34(25-21-32)45-33-22-17-29(18-23-33)28-13-15-30(16-14-28)31-19-26-38-37-9-3-6-12-41(37)43(42(38)27-31)39-10-4-1-7-35(39)36-8-2-5-11-40(36)43/h1-27,45H. The lowest BCUT2D eigenvalue weighted by atomic mass is 9.70. The van der Waals surface area contributed by atoms with Crippen molar-refractivity contribution in [3.05, 3.63) is 191 Å². The van der Waals surface area contributed by atoms with E-state index in [1.165, 1.54) is 66.8 Å². The molecule has 1 N–H and O–H groups in total. The molecule has 0 amide bonds. The Balaban J connectivity index is 1.10. The lowest BCUT2D eigenvalue weighted by molar-refractivity contribution is 0.794. The Labute approximate surface area is 272 Å². The van der Waals surface area contributed by atoms with E-state index in [1.54, 1.807) is 0 Å². The van der Waals surface area contributed by atoms with Crippen LogP contribution in [0.3, 0.4) is 0 Å². The van der Waals surface area contributed by atoms with Gasteiger partial charge in [-0.25, -0.2) is 0 Å². The summed E-state index contributed by atoms with van der Waals surface area (Å²) >= 11 is 3.50. The van der Waals surface area contributed by atoms with Gasteiger partial charge in [-0.3, -0.25) is 0 Å². The van der Waals surface area contributed by atoms with Crippen LogP contribution in [-0.2, 0) is 5.41 Å². The van der Waals surface area contributed by atoms with Crippen LogP contribution in [0, 0.1) is 0 Å². The molecule has 2 aliphatic carbocycles. The summed E-state index contributed by atoms with van der Waals surface area (Å²) < 4.78 is 1.07. The van der Waals surface area contributed by atoms with E-state index in [0.29, 0.717) is 0 Å². The second kappa shape index (κ2) is 10.2. The zero-order valence-corrected chi connectivity index (χ0v) is 26.1. The highest BCUT2D eigenvalue weighted by atomic mass is 79.9. The highest BCUT2D eigenvalue weighted by Gasteiger charge is 2.51. The minimum absolute atomic E-state index is 0.318. The second-order valence-corrected chi connectivity index (χ2v) is 12.8. The molecule has 1 spiro atoms. The normalized spacial score (nSPS) is 13.2. The molecule has 212 valence electrons. The average molecular weight is 639 g/mol. The maximum atomic E-state index is 3.50. The van der Waals surface area contributed by atoms with Gasteiger partial charge in [-0.15, -0.1) is 0 Å². The summed E-state index contributed by atoms with van der Waals surface area (Å²) in [7, 11) is 0. The van der Waals surface area contributed by atoms with Crippen molar-refractivity contribution in [1.82, 2.24) is 0 Å². The SMILES string of the molecule is Brc1ccc(Nc2ccc(-c3ccc(-c4ccc5c(c4)C4(c6ccccc6-c6ccccc64)c4ccccc4-5)cc3)cc2)cc1. The van der Waals surface area contributed by atoms with Gasteiger partial charge in [-0.05, 0) is 109 Å². The molecule has 0 radical (unpaired) electrons. The van der Waals surface area contributed by atoms with Crippen LogP contribution < -0.4 is 5.32 Å². The number of fused-ring (bicyclic) bond motifs is 10. The third-order valence-corrected chi connectivity index (χ3v) is 10.1. The predicted molar refractivity (Wildman–Crippen MR) is 191 cm³/mol. The van der Waals surface area contributed by atoms with Crippen molar-refractivity contribution in [1.29, 1.82) is 0 Å². The van der Waals surface area contributed by atoms with Crippen molar-refractivity contribution in [2.24, 2.45) is 0 Å². The molecular formula is C43H28BrN. The molecule has 2 heteroatoms. The maximum absolute atomic E-state index is 3.50. The summed E-state index contributed by atoms with van der Waals surface area (Å²) in [6.07, 6.45) is 0. The lowest BCUT2D eigenvalue weighted by Gasteiger charge is -2.30. The van der Waals surface area contributed by atoms with Crippen LogP contribution in [0.4, 0.5) is 11.4 Å². The highest BCUT2D eigenvalue weighted by Crippen LogP contribution is 2.62. The summed E-state index contributed by atoms with van der Waals surface area (Å²) in [4.78, 5) is 0. The van der Waals surface area contributed by atoms with Gasteiger partial charge in [-0.1, -0.05) is 137 Å². The third kappa shape index (κ3) is 3.99. The van der Waals surface area contributed by atoms with Crippen LogP contribution in [0.15, 0.2) is 168 Å². The average Bonchev–Trinajstić information content (AvgIpc) is 3.57. The minimum atomic E-state index is -0.318. The van der Waals surface area contributed by atoms with Crippen molar-refractivity contribution in [3.63, 3.8) is 0 Å². The monoisotopic (exact) mass is 637 g/mol. The molecular weight excluding hydrogens is 610 g/mol. The first-order valence-corrected chi connectivity index (χ1v) is 16.2. The van der Waals surface area contributed by atoms with Gasteiger partial charge < -0.3 is 5.32 Å². The number of rotatable bonds is 4. The van der Waals surface area contributed by atoms with Gasteiger partial charge in [0.05, 0.1) is 5.41 Å². The molecule has 0 bridgehead atoms. The fraction of sp³-hybridized carbons (Fsp3) is 0.0233. The zero-order chi connectivity index (χ0) is 30.0. The van der Waals surface area contributed by atoms with Crippen LogP contribution in [0.1, 0.15) is 22.3 Å². The number of halogens is 1. The Kier molecular flexibility index (Phi) is 5.94. The van der Waals surface area contributed by atoms with E-state index in [1.807, 2.05) is 12.1 Å². The van der Waals surface area contributed by atoms with Crippen molar-refractivity contribution >= 4 is 27.3 Å². The fourth-order valence-electron chi connectivity index (χ4n) is 7.58. The lowest BCUT2D eigenvalue weighted by Crippen LogP contribution is -2.25. The fourth-order valence-corrected chi connectivity index (χ4v) is 7.84. The molecule has 7 aromatic rings. The number of hydrogen-bond donors (Lipinski definition) is 1. The molecule has 0 fully saturated rings. The van der Waals surface area contributed by atoms with E-state index >= 15 is 0 Å². The summed E-state index contributed by atoms with van der Waals surface area (Å²) in [5, 5.41) is 3.48. The topological polar surface area (TPSA) is 12.0 Å². The van der Waals surface area contributed by atoms with Crippen molar-refractivity contribution < 1.29 is 0 Å². The highest BCUT2D eigenvalue weighted by molar-refractivity contribution is 9.10. The number of nitrogens with one attached hydrogen (secondary N) is 1. The molecule has 0 unspecified atom stereocenters.